The Kier molecular flexibility index (Phi) is 6.64. The van der Waals surface area contributed by atoms with Gasteiger partial charge in [-0.3, -0.25) is 19.8 Å². The van der Waals surface area contributed by atoms with Crippen LogP contribution >= 0.6 is 11.3 Å². The summed E-state index contributed by atoms with van der Waals surface area (Å²) in [4.78, 5) is 33.3. The Bertz CT molecular complexity index is 880. The number of piperidine rings is 1. The van der Waals surface area contributed by atoms with Gasteiger partial charge in [-0.15, -0.1) is 11.3 Å². The lowest BCUT2D eigenvalue weighted by atomic mass is 9.95. The number of hydrogen-bond donors (Lipinski definition) is 2. The molecular formula is C22H29N5O2S. The molecule has 2 amide bonds. The zero-order valence-electron chi connectivity index (χ0n) is 17.4. The van der Waals surface area contributed by atoms with Crippen molar-refractivity contribution < 1.29 is 9.59 Å². The summed E-state index contributed by atoms with van der Waals surface area (Å²) in [6.07, 6.45) is 7.43. The molecule has 30 heavy (non-hydrogen) atoms. The van der Waals surface area contributed by atoms with E-state index in [2.05, 4.69) is 50.7 Å². The number of benzene rings is 1. The van der Waals surface area contributed by atoms with E-state index in [-0.39, 0.29) is 6.04 Å². The van der Waals surface area contributed by atoms with E-state index in [1.54, 1.807) is 11.6 Å². The molecule has 0 aliphatic carbocycles. The highest BCUT2D eigenvalue weighted by Gasteiger charge is 2.26. The second-order valence-corrected chi connectivity index (χ2v) is 8.92. The van der Waals surface area contributed by atoms with Crippen LogP contribution in [-0.2, 0) is 16.0 Å². The Labute approximate surface area is 181 Å². The number of carbonyl (C=O) groups is 2. The highest BCUT2D eigenvalue weighted by Crippen LogP contribution is 2.31. The molecule has 1 saturated heterocycles. The number of nitrogens with one attached hydrogen (secondary N) is 2. The van der Waals surface area contributed by atoms with E-state index in [0.717, 1.165) is 32.5 Å². The van der Waals surface area contributed by atoms with E-state index in [0.29, 0.717) is 11.7 Å². The van der Waals surface area contributed by atoms with Crippen molar-refractivity contribution in [3.05, 3.63) is 40.9 Å². The Morgan fingerprint density at radius 2 is 1.97 bits per heavy atom. The Hall–Kier alpha value is -2.45. The lowest BCUT2D eigenvalue weighted by Gasteiger charge is -2.36. The van der Waals surface area contributed by atoms with E-state index in [4.69, 9.17) is 0 Å². The number of rotatable bonds is 5. The van der Waals surface area contributed by atoms with Crippen LogP contribution < -0.4 is 15.5 Å². The number of anilines is 2. The van der Waals surface area contributed by atoms with Crippen molar-refractivity contribution in [2.45, 2.75) is 38.1 Å². The van der Waals surface area contributed by atoms with Crippen LogP contribution in [0.1, 0.15) is 42.9 Å². The molecule has 1 aromatic carbocycles. The first-order chi connectivity index (χ1) is 14.6. The van der Waals surface area contributed by atoms with Crippen molar-refractivity contribution in [3.63, 3.8) is 0 Å². The number of thiazole rings is 1. The largest absolute Gasteiger partial charge is 0.374 e. The molecule has 8 heteroatoms. The second-order valence-electron chi connectivity index (χ2n) is 8.03. The summed E-state index contributed by atoms with van der Waals surface area (Å²) in [6, 6.07) is 6.75. The third-order valence-corrected chi connectivity index (χ3v) is 6.67. The van der Waals surface area contributed by atoms with Crippen LogP contribution in [0.2, 0.25) is 0 Å². The van der Waals surface area contributed by atoms with E-state index >= 15 is 0 Å². The van der Waals surface area contributed by atoms with Crippen LogP contribution in [-0.4, -0.2) is 54.9 Å². The molecule has 0 bridgehead atoms. The van der Waals surface area contributed by atoms with Crippen molar-refractivity contribution in [3.8, 4) is 0 Å². The molecule has 7 nitrogen and oxygen atoms in total. The zero-order chi connectivity index (χ0) is 20.9. The van der Waals surface area contributed by atoms with Gasteiger partial charge in [-0.1, -0.05) is 18.6 Å². The molecular weight excluding hydrogens is 398 g/mol. The smallest absolute Gasteiger partial charge is 0.315 e. The third-order valence-electron chi connectivity index (χ3n) is 5.99. The van der Waals surface area contributed by atoms with Crippen molar-refractivity contribution in [1.82, 2.24) is 15.2 Å². The molecule has 3 heterocycles. The number of carbonyl (C=O) groups excluding carboxylic acids is 2. The predicted molar refractivity (Wildman–Crippen MR) is 120 cm³/mol. The lowest BCUT2D eigenvalue weighted by Crippen LogP contribution is -2.43. The second kappa shape index (κ2) is 9.57. The zero-order valence-corrected chi connectivity index (χ0v) is 18.2. The van der Waals surface area contributed by atoms with Crippen LogP contribution in [0.4, 0.5) is 10.8 Å². The molecule has 160 valence electrons. The van der Waals surface area contributed by atoms with Crippen LogP contribution in [0.3, 0.4) is 0 Å². The maximum absolute atomic E-state index is 12.4. The molecule has 2 aliphatic heterocycles. The van der Waals surface area contributed by atoms with Gasteiger partial charge < -0.3 is 10.2 Å². The molecule has 2 aliphatic rings. The van der Waals surface area contributed by atoms with Gasteiger partial charge in [0.05, 0.1) is 6.04 Å². The fraction of sp³-hybridized carbons (Fsp3) is 0.500. The molecule has 1 atom stereocenters. The minimum absolute atomic E-state index is 0.0689. The van der Waals surface area contributed by atoms with Gasteiger partial charge in [0, 0.05) is 37.4 Å². The highest BCUT2D eigenvalue weighted by atomic mass is 32.1. The van der Waals surface area contributed by atoms with Gasteiger partial charge in [0.1, 0.15) is 0 Å². The molecule has 1 aromatic heterocycles. The summed E-state index contributed by atoms with van der Waals surface area (Å²) in [5.41, 5.74) is 3.89. The monoisotopic (exact) mass is 427 g/mol. The van der Waals surface area contributed by atoms with E-state index in [1.807, 2.05) is 0 Å². The number of likely N-dealkylation sites (tertiary alicyclic amines) is 1. The molecule has 2 aromatic rings. The molecule has 0 radical (unpaired) electrons. The Balaban J connectivity index is 1.47. The van der Waals surface area contributed by atoms with Crippen LogP contribution in [0.25, 0.3) is 0 Å². The molecule has 4 rings (SSSR count). The van der Waals surface area contributed by atoms with Gasteiger partial charge in [0.25, 0.3) is 0 Å². The van der Waals surface area contributed by atoms with Crippen molar-refractivity contribution in [1.29, 1.82) is 0 Å². The number of fused-ring (bicyclic) bond motifs is 1. The standard InChI is InChI=1S/C22H29N5O2S/c1-26-10-5-6-16-14-17(7-8-18(16)26)19(27-11-3-2-4-12-27)15-24-20(28)21(29)25-22-23-9-13-30-22/h7-9,13-14,19H,2-6,10-12,15H2,1H3,(H,24,28)(H,23,25,29)/t19-/m0/s1. The van der Waals surface area contributed by atoms with E-state index in [1.165, 1.54) is 47.4 Å². The highest BCUT2D eigenvalue weighted by molar-refractivity contribution is 7.13. The summed E-state index contributed by atoms with van der Waals surface area (Å²) >= 11 is 1.29. The molecule has 1 fully saturated rings. The predicted octanol–water partition coefficient (Wildman–Crippen LogP) is 2.81. The number of nitrogens with zero attached hydrogens (tertiary/aromatic N) is 3. The number of aryl methyl sites for hydroxylation is 1. The maximum Gasteiger partial charge on any atom is 0.315 e. The van der Waals surface area contributed by atoms with Crippen LogP contribution in [0.5, 0.6) is 0 Å². The fourth-order valence-corrected chi connectivity index (χ4v) is 4.93. The van der Waals surface area contributed by atoms with Gasteiger partial charge in [-0.05, 0) is 56.0 Å². The number of hydrogen-bond acceptors (Lipinski definition) is 6. The SMILES string of the molecule is CN1CCCc2cc([C@H](CNC(=O)C(=O)Nc3nccs3)N3CCCCC3)ccc21. The van der Waals surface area contributed by atoms with Crippen molar-refractivity contribution in [2.24, 2.45) is 0 Å². The number of amides is 2. The van der Waals surface area contributed by atoms with Gasteiger partial charge in [-0.25, -0.2) is 4.98 Å². The minimum atomic E-state index is -0.672. The Morgan fingerprint density at radius 3 is 2.73 bits per heavy atom. The molecule has 0 spiro atoms. The summed E-state index contributed by atoms with van der Waals surface area (Å²) in [5, 5.41) is 7.59. The molecule has 0 unspecified atom stereocenters. The first-order valence-electron chi connectivity index (χ1n) is 10.7. The third kappa shape index (κ3) is 4.82. The summed E-state index contributed by atoms with van der Waals surface area (Å²) in [7, 11) is 2.14. The van der Waals surface area contributed by atoms with Gasteiger partial charge >= 0.3 is 11.8 Å². The Morgan fingerprint density at radius 1 is 1.13 bits per heavy atom. The normalized spacial score (nSPS) is 17.8. The summed E-state index contributed by atoms with van der Waals surface area (Å²) in [5.74, 6) is -1.29. The average Bonchev–Trinajstić information content (AvgIpc) is 3.27. The minimum Gasteiger partial charge on any atom is -0.374 e. The fourth-order valence-electron chi connectivity index (χ4n) is 4.41. The van der Waals surface area contributed by atoms with Gasteiger partial charge in [0.15, 0.2) is 5.13 Å². The van der Waals surface area contributed by atoms with E-state index in [9.17, 15) is 9.59 Å². The van der Waals surface area contributed by atoms with Crippen LogP contribution in [0, 0.1) is 0 Å². The quantitative estimate of drug-likeness (QED) is 0.718. The van der Waals surface area contributed by atoms with Crippen molar-refractivity contribution >= 4 is 34.0 Å². The first-order valence-corrected chi connectivity index (χ1v) is 11.6. The van der Waals surface area contributed by atoms with E-state index < -0.39 is 11.8 Å². The topological polar surface area (TPSA) is 77.6 Å². The molecule has 2 N–H and O–H groups in total. The maximum atomic E-state index is 12.4. The average molecular weight is 428 g/mol. The van der Waals surface area contributed by atoms with Crippen LogP contribution in [0.15, 0.2) is 29.8 Å². The van der Waals surface area contributed by atoms with Gasteiger partial charge in [0.2, 0.25) is 0 Å². The first kappa shape index (κ1) is 20.8. The summed E-state index contributed by atoms with van der Waals surface area (Å²) in [6.45, 7) is 3.54. The molecule has 0 saturated carbocycles. The van der Waals surface area contributed by atoms with Gasteiger partial charge in [-0.2, -0.15) is 0 Å². The number of aromatic nitrogens is 1. The summed E-state index contributed by atoms with van der Waals surface area (Å²) < 4.78 is 0. The lowest BCUT2D eigenvalue weighted by molar-refractivity contribution is -0.136. The van der Waals surface area contributed by atoms with Crippen molar-refractivity contribution in [2.75, 3.05) is 43.4 Å².